The van der Waals surface area contributed by atoms with Crippen molar-refractivity contribution in [1.29, 1.82) is 0 Å². The lowest BCUT2D eigenvalue weighted by atomic mass is 10.1. The molecule has 0 spiro atoms. The number of likely N-dealkylation sites (tertiary alicyclic amines) is 1. The molecule has 6 nitrogen and oxygen atoms in total. The summed E-state index contributed by atoms with van der Waals surface area (Å²) in [5.74, 6) is 1.88. The summed E-state index contributed by atoms with van der Waals surface area (Å²) in [5.41, 5.74) is 0. The van der Waals surface area contributed by atoms with Gasteiger partial charge in [0.15, 0.2) is 10.4 Å². The summed E-state index contributed by atoms with van der Waals surface area (Å²) >= 11 is 3.23. The Bertz CT molecular complexity index is 554. The van der Waals surface area contributed by atoms with Gasteiger partial charge in [0, 0.05) is 13.2 Å². The molecule has 1 fully saturated rings. The van der Waals surface area contributed by atoms with Gasteiger partial charge in [-0.2, -0.15) is 0 Å². The molecule has 19 heavy (non-hydrogen) atoms. The van der Waals surface area contributed by atoms with Crippen LogP contribution in [-0.2, 0) is 6.54 Å². The van der Waals surface area contributed by atoms with Crippen LogP contribution in [-0.4, -0.2) is 39.9 Å². The van der Waals surface area contributed by atoms with Crippen LogP contribution < -0.4 is 0 Å². The van der Waals surface area contributed by atoms with E-state index in [4.69, 9.17) is 13.9 Å². The molecule has 3 rings (SSSR count). The Kier molecular flexibility index (Phi) is 3.67. The summed E-state index contributed by atoms with van der Waals surface area (Å²) in [5, 5.41) is 17.1. The van der Waals surface area contributed by atoms with Crippen LogP contribution in [0, 0.1) is 5.92 Å². The van der Waals surface area contributed by atoms with Crippen LogP contribution in [0.2, 0.25) is 0 Å². The number of halogens is 1. The molecule has 2 aromatic rings. The van der Waals surface area contributed by atoms with Crippen LogP contribution in [0.5, 0.6) is 0 Å². The van der Waals surface area contributed by atoms with Crippen molar-refractivity contribution in [1.82, 2.24) is 15.1 Å². The molecule has 7 heteroatoms. The van der Waals surface area contributed by atoms with Crippen LogP contribution in [0.4, 0.5) is 0 Å². The molecule has 3 heterocycles. The van der Waals surface area contributed by atoms with Crippen molar-refractivity contribution in [2.24, 2.45) is 5.92 Å². The predicted octanol–water partition coefficient (Wildman–Crippen LogP) is 1.91. The van der Waals surface area contributed by atoms with Gasteiger partial charge < -0.3 is 13.9 Å². The average molecular weight is 328 g/mol. The van der Waals surface area contributed by atoms with E-state index in [1.54, 1.807) is 12.1 Å². The number of nitrogens with zero attached hydrogens (tertiary/aromatic N) is 3. The van der Waals surface area contributed by atoms with E-state index in [0.29, 0.717) is 34.7 Å². The first-order valence-corrected chi connectivity index (χ1v) is 6.95. The zero-order valence-electron chi connectivity index (χ0n) is 10.3. The third-order valence-electron chi connectivity index (χ3n) is 3.24. The maximum atomic E-state index is 9.11. The molecule has 1 atom stereocenters. The zero-order valence-corrected chi connectivity index (χ0v) is 11.8. The molecule has 1 unspecified atom stereocenters. The van der Waals surface area contributed by atoms with Crippen molar-refractivity contribution in [3.8, 4) is 11.7 Å². The van der Waals surface area contributed by atoms with E-state index in [1.165, 1.54) is 0 Å². The van der Waals surface area contributed by atoms with Gasteiger partial charge in [0.25, 0.3) is 5.89 Å². The van der Waals surface area contributed by atoms with Gasteiger partial charge in [0.2, 0.25) is 5.89 Å². The van der Waals surface area contributed by atoms with Crippen molar-refractivity contribution in [2.75, 3.05) is 19.7 Å². The highest BCUT2D eigenvalue weighted by molar-refractivity contribution is 9.10. The van der Waals surface area contributed by atoms with Gasteiger partial charge >= 0.3 is 0 Å². The number of rotatable bonds is 4. The number of aliphatic hydroxyl groups is 1. The summed E-state index contributed by atoms with van der Waals surface area (Å²) in [6, 6.07) is 3.56. The topological polar surface area (TPSA) is 75.5 Å². The molecule has 0 aliphatic carbocycles. The highest BCUT2D eigenvalue weighted by Gasteiger charge is 2.23. The van der Waals surface area contributed by atoms with Gasteiger partial charge in [-0.15, -0.1) is 10.2 Å². The van der Waals surface area contributed by atoms with E-state index in [1.807, 2.05) is 0 Å². The second kappa shape index (κ2) is 5.44. The third-order valence-corrected chi connectivity index (χ3v) is 3.66. The largest absolute Gasteiger partial charge is 0.444 e. The molecule has 0 aromatic carbocycles. The number of aliphatic hydroxyl groups excluding tert-OH is 1. The van der Waals surface area contributed by atoms with Crippen LogP contribution in [0.25, 0.3) is 11.7 Å². The van der Waals surface area contributed by atoms with E-state index >= 15 is 0 Å². The Morgan fingerprint density at radius 2 is 2.26 bits per heavy atom. The van der Waals surface area contributed by atoms with Gasteiger partial charge in [0.05, 0.1) is 6.54 Å². The van der Waals surface area contributed by atoms with Crippen molar-refractivity contribution in [2.45, 2.75) is 13.0 Å². The zero-order chi connectivity index (χ0) is 13.2. The Morgan fingerprint density at radius 3 is 2.95 bits per heavy atom. The maximum Gasteiger partial charge on any atom is 0.283 e. The van der Waals surface area contributed by atoms with Gasteiger partial charge in [0.1, 0.15) is 0 Å². The van der Waals surface area contributed by atoms with Crippen LogP contribution in [0.3, 0.4) is 0 Å². The third kappa shape index (κ3) is 2.88. The molecule has 1 aliphatic heterocycles. The Labute approximate surface area is 118 Å². The second-order valence-corrected chi connectivity index (χ2v) is 5.46. The molecule has 2 aromatic heterocycles. The monoisotopic (exact) mass is 327 g/mol. The first-order chi connectivity index (χ1) is 9.24. The quantitative estimate of drug-likeness (QED) is 0.924. The summed E-state index contributed by atoms with van der Waals surface area (Å²) in [7, 11) is 0. The van der Waals surface area contributed by atoms with Gasteiger partial charge in [-0.3, -0.25) is 4.90 Å². The van der Waals surface area contributed by atoms with Crippen LogP contribution >= 0.6 is 15.9 Å². The maximum absolute atomic E-state index is 9.11. The molecule has 1 aliphatic rings. The van der Waals surface area contributed by atoms with E-state index in [9.17, 15) is 0 Å². The van der Waals surface area contributed by atoms with Crippen molar-refractivity contribution >= 4 is 15.9 Å². The van der Waals surface area contributed by atoms with E-state index in [2.05, 4.69) is 31.0 Å². The highest BCUT2D eigenvalue weighted by Crippen LogP contribution is 2.24. The minimum atomic E-state index is 0.242. The summed E-state index contributed by atoms with van der Waals surface area (Å²) in [4.78, 5) is 2.20. The van der Waals surface area contributed by atoms with Gasteiger partial charge in [-0.1, -0.05) is 0 Å². The normalized spacial score (nSPS) is 20.2. The first kappa shape index (κ1) is 12.8. The molecule has 1 saturated heterocycles. The number of furan rings is 1. The van der Waals surface area contributed by atoms with Crippen molar-refractivity contribution < 1.29 is 13.9 Å². The lowest BCUT2D eigenvalue weighted by Gasteiger charge is -2.11. The lowest BCUT2D eigenvalue weighted by Crippen LogP contribution is -2.21. The predicted molar refractivity (Wildman–Crippen MR) is 70.2 cm³/mol. The first-order valence-electron chi connectivity index (χ1n) is 6.16. The van der Waals surface area contributed by atoms with E-state index in [-0.39, 0.29) is 6.61 Å². The minimum Gasteiger partial charge on any atom is -0.444 e. The molecular formula is C12H14BrN3O3. The second-order valence-electron chi connectivity index (χ2n) is 4.68. The molecule has 0 saturated carbocycles. The van der Waals surface area contributed by atoms with Crippen LogP contribution in [0.15, 0.2) is 25.6 Å². The Balaban J connectivity index is 1.65. The SMILES string of the molecule is OCC1CCN(Cc2nnc(-c3ccc(Br)o3)o2)C1. The van der Waals surface area contributed by atoms with E-state index in [0.717, 1.165) is 19.5 Å². The van der Waals surface area contributed by atoms with Gasteiger partial charge in [-0.25, -0.2) is 0 Å². The molecule has 0 bridgehead atoms. The smallest absolute Gasteiger partial charge is 0.283 e. The van der Waals surface area contributed by atoms with Crippen molar-refractivity contribution in [3.05, 3.63) is 22.7 Å². The number of hydrogen-bond donors (Lipinski definition) is 1. The van der Waals surface area contributed by atoms with Gasteiger partial charge in [-0.05, 0) is 46.9 Å². The average Bonchev–Trinajstić information content (AvgIpc) is 3.10. The fraction of sp³-hybridized carbons (Fsp3) is 0.500. The number of aromatic nitrogens is 2. The summed E-state index contributed by atoms with van der Waals surface area (Å²) in [6.45, 7) is 2.69. The standard InChI is InChI=1S/C12H14BrN3O3/c13-10-2-1-9(18-10)12-15-14-11(19-12)6-16-4-3-8(5-16)7-17/h1-2,8,17H,3-7H2. The molecule has 102 valence electrons. The Morgan fingerprint density at radius 1 is 1.37 bits per heavy atom. The fourth-order valence-corrected chi connectivity index (χ4v) is 2.55. The van der Waals surface area contributed by atoms with E-state index < -0.39 is 0 Å². The number of hydrogen-bond acceptors (Lipinski definition) is 6. The molecular weight excluding hydrogens is 314 g/mol. The highest BCUT2D eigenvalue weighted by atomic mass is 79.9. The molecule has 0 amide bonds. The summed E-state index contributed by atoms with van der Waals surface area (Å²) in [6.07, 6.45) is 1.02. The Hall–Kier alpha value is -1.18. The fourth-order valence-electron chi connectivity index (χ4n) is 2.24. The molecule has 0 radical (unpaired) electrons. The molecule has 1 N–H and O–H groups in total. The minimum absolute atomic E-state index is 0.242. The van der Waals surface area contributed by atoms with Crippen molar-refractivity contribution in [3.63, 3.8) is 0 Å². The summed E-state index contributed by atoms with van der Waals surface area (Å²) < 4.78 is 11.6. The van der Waals surface area contributed by atoms with Crippen LogP contribution in [0.1, 0.15) is 12.3 Å². The lowest BCUT2D eigenvalue weighted by molar-refractivity contribution is 0.215.